The molecule has 3 rings (SSSR count). The molecule has 0 radical (unpaired) electrons. The molecule has 23 heavy (non-hydrogen) atoms. The average Bonchev–Trinajstić information content (AvgIpc) is 3.33. The lowest BCUT2D eigenvalue weighted by Gasteiger charge is -2.17. The van der Waals surface area contributed by atoms with Crippen molar-refractivity contribution in [2.45, 2.75) is 31.7 Å². The number of halogens is 1. The van der Waals surface area contributed by atoms with Crippen LogP contribution in [0.2, 0.25) is 0 Å². The minimum absolute atomic E-state index is 0.0195. The molecule has 1 saturated carbocycles. The van der Waals surface area contributed by atoms with E-state index in [9.17, 15) is 9.18 Å². The highest BCUT2D eigenvalue weighted by molar-refractivity contribution is 5.74. The average molecular weight is 312 g/mol. The normalized spacial score (nSPS) is 15.0. The summed E-state index contributed by atoms with van der Waals surface area (Å²) in [7, 11) is 0. The molecular weight excluding hydrogens is 291 g/mol. The first kappa shape index (κ1) is 15.5. The van der Waals surface area contributed by atoms with Crippen LogP contribution in [0.5, 0.6) is 0 Å². The number of hydrogen-bond acceptors (Lipinski definition) is 1. The van der Waals surface area contributed by atoms with E-state index in [1.165, 1.54) is 17.7 Å². The van der Waals surface area contributed by atoms with E-state index in [4.69, 9.17) is 0 Å². The smallest absolute Gasteiger partial charge is 0.315 e. The van der Waals surface area contributed by atoms with E-state index in [1.807, 2.05) is 37.3 Å². The third-order valence-corrected chi connectivity index (χ3v) is 4.43. The third kappa shape index (κ3) is 3.89. The van der Waals surface area contributed by atoms with Crippen LogP contribution in [0.25, 0.3) is 0 Å². The number of benzene rings is 2. The summed E-state index contributed by atoms with van der Waals surface area (Å²) in [4.78, 5) is 12.0. The summed E-state index contributed by atoms with van der Waals surface area (Å²) in [6.07, 6.45) is 2.05. The van der Waals surface area contributed by atoms with Gasteiger partial charge in [-0.1, -0.05) is 42.0 Å². The number of rotatable bonds is 5. The highest BCUT2D eigenvalue weighted by Gasteiger charge is 2.44. The Morgan fingerprint density at radius 3 is 2.52 bits per heavy atom. The van der Waals surface area contributed by atoms with E-state index in [1.54, 1.807) is 0 Å². The van der Waals surface area contributed by atoms with Gasteiger partial charge >= 0.3 is 6.03 Å². The molecular formula is C19H21FN2O. The molecule has 4 heteroatoms. The highest BCUT2D eigenvalue weighted by Crippen LogP contribution is 2.47. The summed E-state index contributed by atoms with van der Waals surface area (Å²) in [5.74, 6) is -0.228. The minimum Gasteiger partial charge on any atom is -0.337 e. The zero-order valence-corrected chi connectivity index (χ0v) is 13.2. The predicted molar refractivity (Wildman–Crippen MR) is 88.7 cm³/mol. The van der Waals surface area contributed by atoms with Crippen LogP contribution in [0.4, 0.5) is 9.18 Å². The van der Waals surface area contributed by atoms with Crippen molar-refractivity contribution < 1.29 is 9.18 Å². The second-order valence-electron chi connectivity index (χ2n) is 6.31. The Morgan fingerprint density at radius 2 is 1.87 bits per heavy atom. The Morgan fingerprint density at radius 1 is 1.13 bits per heavy atom. The molecule has 3 nitrogen and oxygen atoms in total. The number of aryl methyl sites for hydroxylation is 1. The maximum Gasteiger partial charge on any atom is 0.315 e. The van der Waals surface area contributed by atoms with Gasteiger partial charge in [-0.25, -0.2) is 9.18 Å². The number of hydrogen-bond donors (Lipinski definition) is 2. The van der Waals surface area contributed by atoms with Crippen molar-refractivity contribution in [3.8, 4) is 0 Å². The van der Waals surface area contributed by atoms with Gasteiger partial charge < -0.3 is 10.6 Å². The molecule has 2 amide bonds. The largest absolute Gasteiger partial charge is 0.337 e. The molecule has 1 aliphatic carbocycles. The molecule has 0 heterocycles. The second-order valence-corrected chi connectivity index (χ2v) is 6.31. The van der Waals surface area contributed by atoms with Gasteiger partial charge in [0.05, 0.1) is 0 Å². The fourth-order valence-corrected chi connectivity index (χ4v) is 2.84. The van der Waals surface area contributed by atoms with Crippen LogP contribution in [-0.4, -0.2) is 12.6 Å². The van der Waals surface area contributed by atoms with Gasteiger partial charge in [0, 0.05) is 18.5 Å². The summed E-state index contributed by atoms with van der Waals surface area (Å²) in [6, 6.07) is 14.5. The Balaban J connectivity index is 1.50. The molecule has 2 aromatic carbocycles. The molecule has 2 aromatic rings. The van der Waals surface area contributed by atoms with E-state index < -0.39 is 0 Å². The number of carbonyl (C=O) groups is 1. The predicted octanol–water partition coefficient (Wildman–Crippen LogP) is 3.67. The van der Waals surface area contributed by atoms with Crippen LogP contribution >= 0.6 is 0 Å². The van der Waals surface area contributed by atoms with Crippen LogP contribution in [0.15, 0.2) is 48.5 Å². The van der Waals surface area contributed by atoms with E-state index >= 15 is 0 Å². The van der Waals surface area contributed by atoms with Crippen LogP contribution in [0.1, 0.15) is 29.5 Å². The summed E-state index contributed by atoms with van der Waals surface area (Å²) in [6.45, 7) is 3.12. The van der Waals surface area contributed by atoms with Crippen molar-refractivity contribution >= 4 is 6.03 Å². The zero-order chi connectivity index (χ0) is 16.3. The molecule has 120 valence electrons. The number of carbonyl (C=O) groups excluding carboxylic acids is 1. The van der Waals surface area contributed by atoms with E-state index in [2.05, 4.69) is 16.7 Å². The van der Waals surface area contributed by atoms with Crippen molar-refractivity contribution in [2.75, 3.05) is 6.54 Å². The molecule has 0 spiro atoms. The van der Waals surface area contributed by atoms with Gasteiger partial charge in [0.25, 0.3) is 0 Å². The molecule has 1 fully saturated rings. The quantitative estimate of drug-likeness (QED) is 0.869. The number of urea groups is 1. The molecule has 0 aromatic heterocycles. The number of amides is 2. The minimum atomic E-state index is -0.228. The number of nitrogens with one attached hydrogen (secondary N) is 2. The lowest BCUT2D eigenvalue weighted by atomic mass is 9.96. The van der Waals surface area contributed by atoms with E-state index in [0.29, 0.717) is 13.1 Å². The monoisotopic (exact) mass is 312 g/mol. The molecule has 0 bridgehead atoms. The maximum atomic E-state index is 13.0. The van der Waals surface area contributed by atoms with Crippen LogP contribution in [0, 0.1) is 12.7 Å². The van der Waals surface area contributed by atoms with E-state index in [0.717, 1.165) is 24.0 Å². The van der Waals surface area contributed by atoms with Gasteiger partial charge in [-0.2, -0.15) is 0 Å². The fraction of sp³-hybridized carbons (Fsp3) is 0.316. The maximum absolute atomic E-state index is 13.0. The molecule has 1 aliphatic rings. The molecule has 0 aliphatic heterocycles. The second kappa shape index (κ2) is 6.41. The van der Waals surface area contributed by atoms with Gasteiger partial charge in [-0.05, 0) is 43.0 Å². The molecule has 0 saturated heterocycles. The van der Waals surface area contributed by atoms with Gasteiger partial charge in [-0.15, -0.1) is 0 Å². The van der Waals surface area contributed by atoms with E-state index in [-0.39, 0.29) is 17.3 Å². The first-order valence-electron chi connectivity index (χ1n) is 7.91. The molecule has 0 unspecified atom stereocenters. The lowest BCUT2D eigenvalue weighted by molar-refractivity contribution is 0.239. The summed E-state index contributed by atoms with van der Waals surface area (Å²) >= 11 is 0. The summed E-state index contributed by atoms with van der Waals surface area (Å²) < 4.78 is 13.0. The highest BCUT2D eigenvalue weighted by atomic mass is 19.1. The van der Waals surface area contributed by atoms with Gasteiger partial charge in [-0.3, -0.25) is 0 Å². The van der Waals surface area contributed by atoms with Crippen molar-refractivity contribution in [1.82, 2.24) is 10.6 Å². The van der Waals surface area contributed by atoms with Crippen LogP contribution in [0.3, 0.4) is 0 Å². The van der Waals surface area contributed by atoms with Crippen LogP contribution < -0.4 is 10.6 Å². The summed E-state index contributed by atoms with van der Waals surface area (Å²) in [5.41, 5.74) is 3.34. The van der Waals surface area contributed by atoms with Gasteiger partial charge in [0.1, 0.15) is 5.82 Å². The van der Waals surface area contributed by atoms with Crippen molar-refractivity contribution in [3.05, 3.63) is 71.0 Å². The van der Waals surface area contributed by atoms with Crippen molar-refractivity contribution in [3.63, 3.8) is 0 Å². The van der Waals surface area contributed by atoms with Gasteiger partial charge in [0.2, 0.25) is 0 Å². The zero-order valence-electron chi connectivity index (χ0n) is 13.2. The fourth-order valence-electron chi connectivity index (χ4n) is 2.84. The first-order valence-corrected chi connectivity index (χ1v) is 7.91. The Labute approximate surface area is 135 Å². The van der Waals surface area contributed by atoms with Crippen molar-refractivity contribution in [1.29, 1.82) is 0 Å². The topological polar surface area (TPSA) is 41.1 Å². The van der Waals surface area contributed by atoms with Crippen molar-refractivity contribution in [2.24, 2.45) is 0 Å². The molecule has 2 N–H and O–H groups in total. The third-order valence-electron chi connectivity index (χ3n) is 4.43. The Kier molecular flexibility index (Phi) is 4.33. The molecule has 0 atom stereocenters. The van der Waals surface area contributed by atoms with Crippen LogP contribution in [-0.2, 0) is 12.0 Å². The lowest BCUT2D eigenvalue weighted by Crippen LogP contribution is -2.39. The summed E-state index contributed by atoms with van der Waals surface area (Å²) in [5, 5.41) is 5.82. The Bertz CT molecular complexity index is 693. The SMILES string of the molecule is Cc1cccc(CNC(=O)NCC2(c3ccc(F)cc3)CC2)c1. The van der Waals surface area contributed by atoms with Gasteiger partial charge in [0.15, 0.2) is 0 Å². The Hall–Kier alpha value is -2.36. The standard InChI is InChI=1S/C19H21FN2O/c1-14-3-2-4-15(11-14)12-21-18(23)22-13-19(9-10-19)16-5-7-17(20)8-6-16/h2-8,11H,9-10,12-13H2,1H3,(H2,21,22,23). The first-order chi connectivity index (χ1) is 11.1.